The molecule has 0 bridgehead atoms. The third-order valence-corrected chi connectivity index (χ3v) is 2.03. The molecule has 2 heterocycles. The van der Waals surface area contributed by atoms with Crippen LogP contribution >= 0.6 is 0 Å². The molecular weight excluding hydrogens is 188 g/mol. The van der Waals surface area contributed by atoms with E-state index in [2.05, 4.69) is 15.0 Å². The molecule has 0 fully saturated rings. The van der Waals surface area contributed by atoms with Crippen molar-refractivity contribution in [1.82, 2.24) is 15.0 Å². The van der Waals surface area contributed by atoms with Crippen molar-refractivity contribution in [3.8, 4) is 11.3 Å². The highest BCUT2D eigenvalue weighted by molar-refractivity contribution is 5.61. The number of aromatic nitrogens is 3. The van der Waals surface area contributed by atoms with E-state index >= 15 is 0 Å². The number of hydrogen-bond acceptors (Lipinski definition) is 4. The van der Waals surface area contributed by atoms with Crippen LogP contribution in [0.3, 0.4) is 0 Å². The van der Waals surface area contributed by atoms with Crippen LogP contribution in [0.25, 0.3) is 11.3 Å². The Hall–Kier alpha value is -1.97. The summed E-state index contributed by atoms with van der Waals surface area (Å²) in [6.07, 6.45) is 3.58. The van der Waals surface area contributed by atoms with Gasteiger partial charge in [-0.05, 0) is 25.5 Å². The third-order valence-electron chi connectivity index (χ3n) is 2.03. The predicted molar refractivity (Wildman–Crippen MR) is 59.1 cm³/mol. The second-order valence-electron chi connectivity index (χ2n) is 3.48. The molecule has 2 aromatic heterocycles. The minimum absolute atomic E-state index is 0.485. The second kappa shape index (κ2) is 3.65. The van der Waals surface area contributed by atoms with Gasteiger partial charge < -0.3 is 5.73 Å². The van der Waals surface area contributed by atoms with Crippen molar-refractivity contribution in [1.29, 1.82) is 0 Å². The summed E-state index contributed by atoms with van der Waals surface area (Å²) in [7, 11) is 0. The van der Waals surface area contributed by atoms with Gasteiger partial charge in [0.25, 0.3) is 0 Å². The summed E-state index contributed by atoms with van der Waals surface area (Å²) in [4.78, 5) is 12.5. The quantitative estimate of drug-likeness (QED) is 0.761. The van der Waals surface area contributed by atoms with Crippen LogP contribution in [0.4, 0.5) is 5.82 Å². The van der Waals surface area contributed by atoms with Crippen molar-refractivity contribution < 1.29 is 0 Å². The number of nitrogen functional groups attached to an aromatic ring is 1. The highest BCUT2D eigenvalue weighted by Crippen LogP contribution is 2.18. The standard InChI is InChI=1S/C11H12N4/c1-7-3-9(6-13-5-7)10-4-11(12)15-8(2)14-10/h3-6H,1-2H3,(H2,12,14,15). The Kier molecular flexibility index (Phi) is 2.33. The van der Waals surface area contributed by atoms with E-state index in [1.807, 2.05) is 19.9 Å². The van der Waals surface area contributed by atoms with Gasteiger partial charge in [-0.1, -0.05) is 0 Å². The number of anilines is 1. The van der Waals surface area contributed by atoms with Gasteiger partial charge in [-0.2, -0.15) is 0 Å². The van der Waals surface area contributed by atoms with E-state index in [1.54, 1.807) is 18.5 Å². The minimum Gasteiger partial charge on any atom is -0.384 e. The predicted octanol–water partition coefficient (Wildman–Crippen LogP) is 1.74. The SMILES string of the molecule is Cc1cncc(-c2cc(N)nc(C)n2)c1. The van der Waals surface area contributed by atoms with Gasteiger partial charge in [0.1, 0.15) is 11.6 Å². The smallest absolute Gasteiger partial charge is 0.128 e. The van der Waals surface area contributed by atoms with Crippen molar-refractivity contribution in [2.75, 3.05) is 5.73 Å². The molecule has 0 unspecified atom stereocenters. The number of rotatable bonds is 1. The number of nitrogens with zero attached hydrogens (tertiary/aromatic N) is 3. The summed E-state index contributed by atoms with van der Waals surface area (Å²) < 4.78 is 0. The highest BCUT2D eigenvalue weighted by atomic mass is 14.9. The lowest BCUT2D eigenvalue weighted by Gasteiger charge is -2.03. The number of pyridine rings is 1. The molecule has 4 heteroatoms. The molecule has 0 aromatic carbocycles. The fourth-order valence-corrected chi connectivity index (χ4v) is 1.43. The summed E-state index contributed by atoms with van der Waals surface area (Å²) in [6, 6.07) is 3.78. The van der Waals surface area contributed by atoms with Crippen molar-refractivity contribution in [2.24, 2.45) is 0 Å². The zero-order chi connectivity index (χ0) is 10.8. The first kappa shape index (κ1) is 9.58. The van der Waals surface area contributed by atoms with E-state index in [1.165, 1.54) is 0 Å². The van der Waals surface area contributed by atoms with E-state index in [0.717, 1.165) is 16.8 Å². The summed E-state index contributed by atoms with van der Waals surface area (Å²) in [5.74, 6) is 1.16. The average Bonchev–Trinajstić information content (AvgIpc) is 2.16. The van der Waals surface area contributed by atoms with E-state index in [4.69, 9.17) is 5.73 Å². The molecule has 0 amide bonds. The molecule has 4 nitrogen and oxygen atoms in total. The Balaban J connectivity index is 2.54. The van der Waals surface area contributed by atoms with Gasteiger partial charge in [-0.25, -0.2) is 9.97 Å². The lowest BCUT2D eigenvalue weighted by atomic mass is 10.1. The van der Waals surface area contributed by atoms with Gasteiger partial charge in [0.05, 0.1) is 5.69 Å². The topological polar surface area (TPSA) is 64.7 Å². The lowest BCUT2D eigenvalue weighted by molar-refractivity contribution is 1.06. The van der Waals surface area contributed by atoms with Crippen molar-refractivity contribution in [2.45, 2.75) is 13.8 Å². The maximum atomic E-state index is 5.66. The van der Waals surface area contributed by atoms with Crippen molar-refractivity contribution >= 4 is 5.82 Å². The van der Waals surface area contributed by atoms with Crippen LogP contribution in [0.15, 0.2) is 24.5 Å². The Morgan fingerprint density at radius 3 is 2.53 bits per heavy atom. The molecule has 2 rings (SSSR count). The molecule has 0 spiro atoms. The van der Waals surface area contributed by atoms with Gasteiger partial charge in [-0.15, -0.1) is 0 Å². The first-order valence-electron chi connectivity index (χ1n) is 4.68. The first-order chi connectivity index (χ1) is 7.15. The van der Waals surface area contributed by atoms with Gasteiger partial charge in [0.15, 0.2) is 0 Å². The Morgan fingerprint density at radius 1 is 1.07 bits per heavy atom. The molecule has 2 aromatic rings. The second-order valence-corrected chi connectivity index (χ2v) is 3.48. The Labute approximate surface area is 88.2 Å². The molecule has 0 aliphatic carbocycles. The minimum atomic E-state index is 0.485. The molecule has 0 radical (unpaired) electrons. The fraction of sp³-hybridized carbons (Fsp3) is 0.182. The highest BCUT2D eigenvalue weighted by Gasteiger charge is 2.02. The molecule has 0 aliphatic rings. The van der Waals surface area contributed by atoms with Crippen LogP contribution in [0.1, 0.15) is 11.4 Å². The first-order valence-corrected chi connectivity index (χ1v) is 4.68. The zero-order valence-corrected chi connectivity index (χ0v) is 8.73. The van der Waals surface area contributed by atoms with Gasteiger partial charge in [0, 0.05) is 24.0 Å². The van der Waals surface area contributed by atoms with E-state index in [0.29, 0.717) is 11.6 Å². The third kappa shape index (κ3) is 2.10. The zero-order valence-electron chi connectivity index (χ0n) is 8.73. The normalized spacial score (nSPS) is 10.3. The maximum Gasteiger partial charge on any atom is 0.128 e. The van der Waals surface area contributed by atoms with Crippen LogP contribution in [-0.2, 0) is 0 Å². The Morgan fingerprint density at radius 2 is 1.87 bits per heavy atom. The van der Waals surface area contributed by atoms with Gasteiger partial charge in [-0.3, -0.25) is 4.98 Å². The summed E-state index contributed by atoms with van der Waals surface area (Å²) >= 11 is 0. The van der Waals surface area contributed by atoms with Gasteiger partial charge in [0.2, 0.25) is 0 Å². The molecule has 0 saturated heterocycles. The van der Waals surface area contributed by atoms with Crippen LogP contribution < -0.4 is 5.73 Å². The average molecular weight is 200 g/mol. The molecule has 2 N–H and O–H groups in total. The molecule has 76 valence electrons. The van der Waals surface area contributed by atoms with Crippen LogP contribution in [0, 0.1) is 13.8 Å². The van der Waals surface area contributed by atoms with Crippen LogP contribution in [0.2, 0.25) is 0 Å². The van der Waals surface area contributed by atoms with Gasteiger partial charge >= 0.3 is 0 Å². The fourth-order valence-electron chi connectivity index (χ4n) is 1.43. The molecular formula is C11H12N4. The summed E-state index contributed by atoms with van der Waals surface area (Å²) in [6.45, 7) is 3.82. The molecule has 0 atom stereocenters. The number of nitrogens with two attached hydrogens (primary N) is 1. The van der Waals surface area contributed by atoms with Crippen molar-refractivity contribution in [3.63, 3.8) is 0 Å². The molecule has 0 saturated carbocycles. The van der Waals surface area contributed by atoms with Crippen molar-refractivity contribution in [3.05, 3.63) is 35.9 Å². The number of hydrogen-bond donors (Lipinski definition) is 1. The maximum absolute atomic E-state index is 5.66. The van der Waals surface area contributed by atoms with E-state index < -0.39 is 0 Å². The number of aryl methyl sites for hydroxylation is 2. The largest absolute Gasteiger partial charge is 0.384 e. The molecule has 0 aliphatic heterocycles. The monoisotopic (exact) mass is 200 g/mol. The van der Waals surface area contributed by atoms with E-state index in [9.17, 15) is 0 Å². The van der Waals surface area contributed by atoms with Crippen LogP contribution in [-0.4, -0.2) is 15.0 Å². The summed E-state index contributed by atoms with van der Waals surface area (Å²) in [5, 5.41) is 0. The summed E-state index contributed by atoms with van der Waals surface area (Å²) in [5.41, 5.74) is 8.54. The lowest BCUT2D eigenvalue weighted by Crippen LogP contribution is -1.97. The van der Waals surface area contributed by atoms with Crippen LogP contribution in [0.5, 0.6) is 0 Å². The van der Waals surface area contributed by atoms with E-state index in [-0.39, 0.29) is 0 Å². The Bertz CT molecular complexity index is 473. The molecule has 15 heavy (non-hydrogen) atoms.